The molecule has 1 amide bonds. The molecule has 1 fully saturated rings. The van der Waals surface area contributed by atoms with Crippen LogP contribution in [0.4, 0.5) is 5.69 Å². The van der Waals surface area contributed by atoms with Gasteiger partial charge in [0.2, 0.25) is 5.91 Å². The van der Waals surface area contributed by atoms with Gasteiger partial charge in [0.05, 0.1) is 12.6 Å². The van der Waals surface area contributed by atoms with Gasteiger partial charge in [-0.25, -0.2) is 0 Å². The van der Waals surface area contributed by atoms with Crippen molar-refractivity contribution in [3.8, 4) is 0 Å². The first kappa shape index (κ1) is 15.1. The molecule has 0 aromatic heterocycles. The van der Waals surface area contributed by atoms with Gasteiger partial charge in [-0.05, 0) is 42.7 Å². The molecule has 1 saturated carbocycles. The average Bonchev–Trinajstić information content (AvgIpc) is 3.38. The number of rotatable bonds is 5. The van der Waals surface area contributed by atoms with Gasteiger partial charge < -0.3 is 10.0 Å². The van der Waals surface area contributed by atoms with E-state index in [1.807, 2.05) is 42.5 Å². The minimum absolute atomic E-state index is 0.0808. The molecule has 4 heteroatoms. The Morgan fingerprint density at radius 3 is 2.36 bits per heavy atom. The average molecular weight is 316 g/mol. The van der Waals surface area contributed by atoms with Crippen molar-refractivity contribution >= 4 is 23.2 Å². The summed E-state index contributed by atoms with van der Waals surface area (Å²) in [6.07, 6.45) is 1.16. The summed E-state index contributed by atoms with van der Waals surface area (Å²) in [5.41, 5.74) is 1.58. The Kier molecular flexibility index (Phi) is 4.46. The molecule has 0 radical (unpaired) electrons. The predicted octanol–water partition coefficient (Wildman–Crippen LogP) is 3.82. The molecule has 3 rings (SSSR count). The minimum atomic E-state index is -0.709. The van der Waals surface area contributed by atoms with Crippen LogP contribution in [0.25, 0.3) is 0 Å². The van der Waals surface area contributed by atoms with E-state index in [-0.39, 0.29) is 18.4 Å². The molecule has 0 bridgehead atoms. The fourth-order valence-corrected chi connectivity index (χ4v) is 2.57. The summed E-state index contributed by atoms with van der Waals surface area (Å²) in [6.45, 7) is 0.251. The third kappa shape index (κ3) is 3.49. The van der Waals surface area contributed by atoms with E-state index in [2.05, 4.69) is 0 Å². The molecule has 0 saturated heterocycles. The highest BCUT2D eigenvalue weighted by Gasteiger charge is 2.34. The van der Waals surface area contributed by atoms with Crippen LogP contribution in [0, 0.1) is 5.92 Å². The molecule has 1 N–H and O–H groups in total. The lowest BCUT2D eigenvalue weighted by Gasteiger charge is -2.26. The summed E-state index contributed by atoms with van der Waals surface area (Å²) in [5, 5.41) is 11.1. The molecule has 0 heterocycles. The first-order valence-electron chi connectivity index (χ1n) is 7.45. The fraction of sp³-hybridized carbons (Fsp3) is 0.278. The number of hydrogen-bond acceptors (Lipinski definition) is 2. The second kappa shape index (κ2) is 6.51. The van der Waals surface area contributed by atoms with Gasteiger partial charge >= 0.3 is 0 Å². The van der Waals surface area contributed by atoms with Crippen LogP contribution in [0.15, 0.2) is 54.6 Å². The number of carbonyl (C=O) groups is 1. The topological polar surface area (TPSA) is 40.5 Å². The molecule has 2 aromatic carbocycles. The molecule has 3 nitrogen and oxygen atoms in total. The maximum absolute atomic E-state index is 12.5. The number of nitrogens with zero attached hydrogens (tertiary/aromatic N) is 1. The van der Waals surface area contributed by atoms with Crippen molar-refractivity contribution < 1.29 is 9.90 Å². The summed E-state index contributed by atoms with van der Waals surface area (Å²) in [5.74, 6) is 0.177. The van der Waals surface area contributed by atoms with Gasteiger partial charge in [-0.2, -0.15) is 0 Å². The van der Waals surface area contributed by atoms with Gasteiger partial charge in [0, 0.05) is 16.6 Å². The van der Waals surface area contributed by atoms with E-state index in [0.29, 0.717) is 5.02 Å². The number of halogens is 1. The number of benzene rings is 2. The smallest absolute Gasteiger partial charge is 0.230 e. The van der Waals surface area contributed by atoms with E-state index in [1.54, 1.807) is 17.0 Å². The Morgan fingerprint density at radius 1 is 1.14 bits per heavy atom. The van der Waals surface area contributed by atoms with Crippen molar-refractivity contribution in [3.05, 3.63) is 65.2 Å². The Bertz CT molecular complexity index is 638. The zero-order chi connectivity index (χ0) is 15.5. The zero-order valence-electron chi connectivity index (χ0n) is 12.2. The molecular weight excluding hydrogens is 298 g/mol. The van der Waals surface area contributed by atoms with Crippen LogP contribution in [0.1, 0.15) is 24.5 Å². The standard InChI is InChI=1S/C18H18ClNO2/c19-15-8-10-16(11-9-15)20(18(22)14-6-7-14)12-17(21)13-4-2-1-3-5-13/h1-5,8-11,14,17,21H,6-7,12H2/t17-/m0/s1. The molecular formula is C18H18ClNO2. The van der Waals surface area contributed by atoms with E-state index in [9.17, 15) is 9.90 Å². The number of hydrogen-bond donors (Lipinski definition) is 1. The number of amides is 1. The first-order chi connectivity index (χ1) is 10.6. The van der Waals surface area contributed by atoms with Gasteiger partial charge in [0.25, 0.3) is 0 Å². The van der Waals surface area contributed by atoms with Crippen LogP contribution < -0.4 is 4.90 Å². The Morgan fingerprint density at radius 2 is 1.77 bits per heavy atom. The molecule has 114 valence electrons. The zero-order valence-corrected chi connectivity index (χ0v) is 12.9. The predicted molar refractivity (Wildman–Crippen MR) is 87.9 cm³/mol. The van der Waals surface area contributed by atoms with Crippen LogP contribution in [0.2, 0.25) is 5.02 Å². The summed E-state index contributed by atoms with van der Waals surface area (Å²) < 4.78 is 0. The number of anilines is 1. The van der Waals surface area contributed by atoms with Gasteiger partial charge in [-0.3, -0.25) is 4.79 Å². The Labute approximate surface area is 135 Å². The van der Waals surface area contributed by atoms with Gasteiger partial charge in [0.1, 0.15) is 0 Å². The van der Waals surface area contributed by atoms with Gasteiger partial charge in [0.15, 0.2) is 0 Å². The SMILES string of the molecule is O=C(C1CC1)N(C[C@H](O)c1ccccc1)c1ccc(Cl)cc1. The van der Waals surface area contributed by atoms with E-state index in [0.717, 1.165) is 24.1 Å². The lowest BCUT2D eigenvalue weighted by Crippen LogP contribution is -2.35. The molecule has 1 aliphatic rings. The van der Waals surface area contributed by atoms with Crippen LogP contribution in [-0.2, 0) is 4.79 Å². The van der Waals surface area contributed by atoms with Crippen LogP contribution in [-0.4, -0.2) is 17.6 Å². The number of carbonyl (C=O) groups excluding carboxylic acids is 1. The highest BCUT2D eigenvalue weighted by atomic mass is 35.5. The number of aliphatic hydroxyl groups is 1. The largest absolute Gasteiger partial charge is 0.387 e. The van der Waals surface area contributed by atoms with E-state index in [1.165, 1.54) is 0 Å². The van der Waals surface area contributed by atoms with Crippen molar-refractivity contribution in [1.82, 2.24) is 0 Å². The van der Waals surface area contributed by atoms with Crippen molar-refractivity contribution in [2.45, 2.75) is 18.9 Å². The van der Waals surface area contributed by atoms with Crippen LogP contribution in [0.5, 0.6) is 0 Å². The van der Waals surface area contributed by atoms with Crippen LogP contribution in [0.3, 0.4) is 0 Å². The van der Waals surface area contributed by atoms with Crippen molar-refractivity contribution in [3.63, 3.8) is 0 Å². The highest BCUT2D eigenvalue weighted by Crippen LogP contribution is 2.34. The molecule has 0 spiro atoms. The second-order valence-corrected chi connectivity index (χ2v) is 6.06. The maximum Gasteiger partial charge on any atom is 0.230 e. The summed E-state index contributed by atoms with van der Waals surface area (Å²) >= 11 is 5.92. The second-order valence-electron chi connectivity index (χ2n) is 5.63. The lowest BCUT2D eigenvalue weighted by molar-refractivity contribution is -0.120. The molecule has 1 atom stereocenters. The van der Waals surface area contributed by atoms with Gasteiger partial charge in [-0.15, -0.1) is 0 Å². The molecule has 2 aromatic rings. The van der Waals surface area contributed by atoms with Crippen LogP contribution >= 0.6 is 11.6 Å². The fourth-order valence-electron chi connectivity index (χ4n) is 2.45. The first-order valence-corrected chi connectivity index (χ1v) is 7.83. The van der Waals surface area contributed by atoms with E-state index < -0.39 is 6.10 Å². The Hall–Kier alpha value is -1.84. The highest BCUT2D eigenvalue weighted by molar-refractivity contribution is 6.30. The monoisotopic (exact) mass is 315 g/mol. The summed E-state index contributed by atoms with van der Waals surface area (Å²) in [6, 6.07) is 16.6. The van der Waals surface area contributed by atoms with Crippen molar-refractivity contribution in [2.75, 3.05) is 11.4 Å². The Balaban J connectivity index is 1.82. The minimum Gasteiger partial charge on any atom is -0.387 e. The normalized spacial score (nSPS) is 15.4. The van der Waals surface area contributed by atoms with Crippen molar-refractivity contribution in [1.29, 1.82) is 0 Å². The summed E-state index contributed by atoms with van der Waals surface area (Å²) in [7, 11) is 0. The molecule has 0 aliphatic heterocycles. The summed E-state index contributed by atoms with van der Waals surface area (Å²) in [4.78, 5) is 14.2. The molecule has 0 unspecified atom stereocenters. The van der Waals surface area contributed by atoms with E-state index >= 15 is 0 Å². The quantitative estimate of drug-likeness (QED) is 0.911. The van der Waals surface area contributed by atoms with Gasteiger partial charge in [-0.1, -0.05) is 41.9 Å². The third-order valence-corrected chi connectivity index (χ3v) is 4.12. The third-order valence-electron chi connectivity index (χ3n) is 3.87. The lowest BCUT2D eigenvalue weighted by atomic mass is 10.1. The van der Waals surface area contributed by atoms with E-state index in [4.69, 9.17) is 11.6 Å². The van der Waals surface area contributed by atoms with Crippen molar-refractivity contribution in [2.24, 2.45) is 5.92 Å². The molecule has 1 aliphatic carbocycles. The number of aliphatic hydroxyl groups excluding tert-OH is 1. The maximum atomic E-state index is 12.5. The molecule has 22 heavy (non-hydrogen) atoms.